The average molecular weight is 456 g/mol. The van der Waals surface area contributed by atoms with Crippen LogP contribution >= 0.6 is 0 Å². The number of nitrogens with one attached hydrogen (secondary N) is 1. The maximum absolute atomic E-state index is 12.8. The summed E-state index contributed by atoms with van der Waals surface area (Å²) in [6.07, 6.45) is 3.78. The number of hydrogen-bond acceptors (Lipinski definition) is 4. The lowest BCUT2D eigenvalue weighted by Crippen LogP contribution is -2.35. The fraction of sp³-hybridized carbons (Fsp3) is 0.417. The van der Waals surface area contributed by atoms with Gasteiger partial charge >= 0.3 is 0 Å². The highest BCUT2D eigenvalue weighted by molar-refractivity contribution is 7.89. The second kappa shape index (κ2) is 9.83. The third-order valence-corrected chi connectivity index (χ3v) is 8.09. The lowest BCUT2D eigenvalue weighted by Gasteiger charge is -2.25. The van der Waals surface area contributed by atoms with Crippen LogP contribution in [0.4, 0.5) is 5.69 Å². The molecule has 4 rings (SSSR count). The molecule has 0 spiro atoms. The summed E-state index contributed by atoms with van der Waals surface area (Å²) in [6, 6.07) is 16.2. The molecule has 170 valence electrons. The molecule has 2 aromatic rings. The number of nitrogens with zero attached hydrogens (tertiary/aromatic N) is 2. The van der Waals surface area contributed by atoms with E-state index >= 15 is 0 Å². The van der Waals surface area contributed by atoms with Crippen molar-refractivity contribution in [1.82, 2.24) is 9.21 Å². The molecular formula is C24H29N3O4S. The molecule has 2 aromatic carbocycles. The lowest BCUT2D eigenvalue weighted by molar-refractivity contribution is -0.128. The molecule has 2 saturated heterocycles. The molecule has 2 fully saturated rings. The second-order valence-corrected chi connectivity index (χ2v) is 10.4. The van der Waals surface area contributed by atoms with Crippen LogP contribution in [0.25, 0.3) is 0 Å². The highest BCUT2D eigenvalue weighted by atomic mass is 32.2. The molecular weight excluding hydrogens is 426 g/mol. The quantitative estimate of drug-likeness (QED) is 0.696. The van der Waals surface area contributed by atoms with E-state index in [0.717, 1.165) is 31.2 Å². The number of carbonyl (C=O) groups is 2. The van der Waals surface area contributed by atoms with Gasteiger partial charge in [0.15, 0.2) is 0 Å². The summed E-state index contributed by atoms with van der Waals surface area (Å²) >= 11 is 0. The standard InChI is InChI=1S/C24H29N3O4S/c28-23-17-20(18-26(23)16-13-19-7-3-1-4-8-19)24(29)25-21-9-11-22(12-10-21)32(30,31)27-14-5-2-6-15-27/h1,3-4,7-12,20H,2,5-6,13-18H2,(H,25,29). The van der Waals surface area contributed by atoms with E-state index < -0.39 is 15.9 Å². The summed E-state index contributed by atoms with van der Waals surface area (Å²) in [5, 5.41) is 2.83. The van der Waals surface area contributed by atoms with Crippen LogP contribution in [-0.2, 0) is 26.0 Å². The van der Waals surface area contributed by atoms with Crippen LogP contribution in [0.5, 0.6) is 0 Å². The number of piperidine rings is 1. The van der Waals surface area contributed by atoms with Crippen molar-refractivity contribution in [3.8, 4) is 0 Å². The van der Waals surface area contributed by atoms with Gasteiger partial charge in [0, 0.05) is 38.3 Å². The zero-order valence-electron chi connectivity index (χ0n) is 18.1. The van der Waals surface area contributed by atoms with E-state index in [4.69, 9.17) is 0 Å². The van der Waals surface area contributed by atoms with Crippen molar-refractivity contribution in [2.75, 3.05) is 31.5 Å². The Labute approximate surface area is 189 Å². The van der Waals surface area contributed by atoms with Crippen LogP contribution in [0, 0.1) is 5.92 Å². The molecule has 2 heterocycles. The van der Waals surface area contributed by atoms with Gasteiger partial charge in [-0.05, 0) is 49.1 Å². The van der Waals surface area contributed by atoms with Crippen LogP contribution in [0.3, 0.4) is 0 Å². The first kappa shape index (κ1) is 22.5. The highest BCUT2D eigenvalue weighted by Gasteiger charge is 2.34. The first-order valence-corrected chi connectivity index (χ1v) is 12.6. The lowest BCUT2D eigenvalue weighted by atomic mass is 10.1. The number of likely N-dealkylation sites (tertiary alicyclic amines) is 1. The van der Waals surface area contributed by atoms with E-state index in [0.29, 0.717) is 31.9 Å². The van der Waals surface area contributed by atoms with Gasteiger partial charge in [-0.25, -0.2) is 8.42 Å². The number of anilines is 1. The van der Waals surface area contributed by atoms with Gasteiger partial charge in [-0.3, -0.25) is 9.59 Å². The highest BCUT2D eigenvalue weighted by Crippen LogP contribution is 2.24. The Balaban J connectivity index is 1.32. The molecule has 0 bridgehead atoms. The van der Waals surface area contributed by atoms with Gasteiger partial charge in [0.2, 0.25) is 21.8 Å². The summed E-state index contributed by atoms with van der Waals surface area (Å²) in [4.78, 5) is 27.0. The zero-order chi connectivity index (χ0) is 22.6. The number of sulfonamides is 1. The number of benzene rings is 2. The minimum atomic E-state index is -3.50. The smallest absolute Gasteiger partial charge is 0.243 e. The predicted octanol–water partition coefficient (Wildman–Crippen LogP) is 2.89. The summed E-state index contributed by atoms with van der Waals surface area (Å²) in [5.74, 6) is -0.633. The Morgan fingerprint density at radius 1 is 0.969 bits per heavy atom. The summed E-state index contributed by atoms with van der Waals surface area (Å²) in [7, 11) is -3.50. The van der Waals surface area contributed by atoms with Crippen LogP contribution in [-0.4, -0.2) is 55.6 Å². The van der Waals surface area contributed by atoms with E-state index in [1.807, 2.05) is 30.3 Å². The Kier molecular flexibility index (Phi) is 6.91. The van der Waals surface area contributed by atoms with Crippen molar-refractivity contribution in [3.63, 3.8) is 0 Å². The molecule has 0 radical (unpaired) electrons. The molecule has 0 saturated carbocycles. The monoisotopic (exact) mass is 455 g/mol. The maximum Gasteiger partial charge on any atom is 0.243 e. The van der Waals surface area contributed by atoms with Crippen LogP contribution in [0.15, 0.2) is 59.5 Å². The number of carbonyl (C=O) groups excluding carboxylic acids is 2. The van der Waals surface area contributed by atoms with Crippen molar-refractivity contribution >= 4 is 27.5 Å². The predicted molar refractivity (Wildman–Crippen MR) is 123 cm³/mol. The Morgan fingerprint density at radius 3 is 2.34 bits per heavy atom. The van der Waals surface area contributed by atoms with E-state index in [-0.39, 0.29) is 23.1 Å². The molecule has 0 aromatic heterocycles. The molecule has 2 amide bonds. The summed E-state index contributed by atoms with van der Waals surface area (Å²) in [5.41, 5.74) is 1.69. The normalized spacial score (nSPS) is 19.8. The van der Waals surface area contributed by atoms with E-state index in [2.05, 4.69) is 5.32 Å². The van der Waals surface area contributed by atoms with Crippen molar-refractivity contribution in [2.24, 2.45) is 5.92 Å². The number of amides is 2. The zero-order valence-corrected chi connectivity index (χ0v) is 18.9. The van der Waals surface area contributed by atoms with Crippen molar-refractivity contribution < 1.29 is 18.0 Å². The first-order chi connectivity index (χ1) is 15.4. The number of hydrogen-bond donors (Lipinski definition) is 1. The third kappa shape index (κ3) is 5.19. The van der Waals surface area contributed by atoms with Crippen LogP contribution < -0.4 is 5.32 Å². The van der Waals surface area contributed by atoms with Gasteiger partial charge in [0.1, 0.15) is 0 Å². The van der Waals surface area contributed by atoms with Crippen LogP contribution in [0.2, 0.25) is 0 Å². The van der Waals surface area contributed by atoms with Gasteiger partial charge in [0.05, 0.1) is 10.8 Å². The Morgan fingerprint density at radius 2 is 1.66 bits per heavy atom. The molecule has 2 aliphatic rings. The van der Waals surface area contributed by atoms with E-state index in [1.165, 1.54) is 16.4 Å². The van der Waals surface area contributed by atoms with Gasteiger partial charge < -0.3 is 10.2 Å². The van der Waals surface area contributed by atoms with Crippen LogP contribution in [0.1, 0.15) is 31.2 Å². The molecule has 7 nitrogen and oxygen atoms in total. The maximum atomic E-state index is 12.8. The molecule has 0 aliphatic carbocycles. The molecule has 32 heavy (non-hydrogen) atoms. The first-order valence-electron chi connectivity index (χ1n) is 11.2. The van der Waals surface area contributed by atoms with E-state index in [1.54, 1.807) is 17.0 Å². The minimum Gasteiger partial charge on any atom is -0.342 e. The van der Waals surface area contributed by atoms with Gasteiger partial charge in [-0.1, -0.05) is 36.8 Å². The second-order valence-electron chi connectivity index (χ2n) is 8.45. The average Bonchev–Trinajstić information content (AvgIpc) is 3.20. The number of rotatable bonds is 7. The third-order valence-electron chi connectivity index (χ3n) is 6.17. The van der Waals surface area contributed by atoms with E-state index in [9.17, 15) is 18.0 Å². The van der Waals surface area contributed by atoms with Crippen molar-refractivity contribution in [3.05, 3.63) is 60.2 Å². The topological polar surface area (TPSA) is 86.8 Å². The Hall–Kier alpha value is -2.71. The minimum absolute atomic E-state index is 0.0101. The molecule has 8 heteroatoms. The fourth-order valence-electron chi connectivity index (χ4n) is 4.28. The van der Waals surface area contributed by atoms with Crippen molar-refractivity contribution in [1.29, 1.82) is 0 Å². The fourth-order valence-corrected chi connectivity index (χ4v) is 5.80. The van der Waals surface area contributed by atoms with Crippen molar-refractivity contribution in [2.45, 2.75) is 37.0 Å². The van der Waals surface area contributed by atoms with Gasteiger partial charge in [-0.2, -0.15) is 4.31 Å². The SMILES string of the molecule is O=C(Nc1ccc(S(=O)(=O)N2CCCCC2)cc1)C1CC(=O)N(CCc2ccccc2)C1. The summed E-state index contributed by atoms with van der Waals surface area (Å²) < 4.78 is 27.0. The van der Waals surface area contributed by atoms with Gasteiger partial charge in [0.25, 0.3) is 0 Å². The Bertz CT molecular complexity index is 1050. The molecule has 1 unspecified atom stereocenters. The molecule has 1 atom stereocenters. The molecule has 1 N–H and O–H groups in total. The van der Waals surface area contributed by atoms with Gasteiger partial charge in [-0.15, -0.1) is 0 Å². The molecule has 2 aliphatic heterocycles. The largest absolute Gasteiger partial charge is 0.342 e. The summed E-state index contributed by atoms with van der Waals surface area (Å²) in [6.45, 7) is 2.10.